The molecule has 0 aliphatic carbocycles. The van der Waals surface area contributed by atoms with Crippen LogP contribution in [-0.2, 0) is 6.42 Å². The minimum Gasteiger partial charge on any atom is -0.496 e. The molecule has 80 valence electrons. The maximum absolute atomic E-state index is 5.21. The average molecular weight is 195 g/mol. The van der Waals surface area contributed by atoms with Crippen molar-refractivity contribution in [2.75, 3.05) is 7.11 Å². The molecule has 1 aromatic rings. The first-order chi connectivity index (χ1) is 6.74. The Balaban J connectivity index is 0.000000791. The Morgan fingerprint density at radius 3 is 2.50 bits per heavy atom. The summed E-state index contributed by atoms with van der Waals surface area (Å²) < 4.78 is 5.21. The second-order valence-corrected chi connectivity index (χ2v) is 3.29. The highest BCUT2D eigenvalue weighted by Gasteiger charge is 2.03. The molecule has 0 fully saturated rings. The molecule has 1 heterocycles. The van der Waals surface area contributed by atoms with Gasteiger partial charge in [-0.05, 0) is 18.4 Å². The van der Waals surface area contributed by atoms with E-state index in [0.717, 1.165) is 12.2 Å². The Hall–Kier alpha value is -1.05. The molecule has 14 heavy (non-hydrogen) atoms. The summed E-state index contributed by atoms with van der Waals surface area (Å²) in [6, 6.07) is 1.90. The lowest BCUT2D eigenvalue weighted by Gasteiger charge is -2.08. The minimum atomic E-state index is 0.642. The van der Waals surface area contributed by atoms with Crippen LogP contribution in [0.5, 0.6) is 5.75 Å². The molecule has 0 unspecified atom stereocenters. The summed E-state index contributed by atoms with van der Waals surface area (Å²) >= 11 is 0. The molecule has 0 aliphatic rings. The average Bonchev–Trinajstić information content (AvgIpc) is 2.21. The summed E-state index contributed by atoms with van der Waals surface area (Å²) in [6.07, 6.45) is 4.65. The van der Waals surface area contributed by atoms with Crippen LogP contribution < -0.4 is 4.74 Å². The molecule has 0 atom stereocenters. The molecule has 2 nitrogen and oxygen atoms in total. The van der Waals surface area contributed by atoms with E-state index in [4.69, 9.17) is 4.74 Å². The van der Waals surface area contributed by atoms with Crippen molar-refractivity contribution in [1.29, 1.82) is 0 Å². The highest BCUT2D eigenvalue weighted by Crippen LogP contribution is 2.18. The molecule has 0 spiro atoms. The van der Waals surface area contributed by atoms with Crippen molar-refractivity contribution in [2.24, 2.45) is 5.92 Å². The molecule has 1 rings (SSSR count). The standard InChI is InChI=1S/C10H15NO.C2H6/c1-8(2)6-9-7-11-5-4-10(9)12-3;1-2/h4-5,7-8H,6H2,1-3H3;1-2H3. The Morgan fingerprint density at radius 2 is 2.00 bits per heavy atom. The number of aromatic nitrogens is 1. The van der Waals surface area contributed by atoms with Crippen LogP contribution in [0.3, 0.4) is 0 Å². The second kappa shape index (κ2) is 7.36. The van der Waals surface area contributed by atoms with Gasteiger partial charge < -0.3 is 4.74 Å². The number of hydrogen-bond donors (Lipinski definition) is 0. The van der Waals surface area contributed by atoms with Crippen LogP contribution in [0.15, 0.2) is 18.5 Å². The minimum absolute atomic E-state index is 0.642. The van der Waals surface area contributed by atoms with Crippen molar-refractivity contribution in [3.8, 4) is 5.75 Å². The molecular weight excluding hydrogens is 174 g/mol. The van der Waals surface area contributed by atoms with Crippen molar-refractivity contribution in [1.82, 2.24) is 4.98 Å². The fraction of sp³-hybridized carbons (Fsp3) is 0.583. The molecule has 1 aromatic heterocycles. The van der Waals surface area contributed by atoms with Crippen LogP contribution in [0.4, 0.5) is 0 Å². The molecule has 0 bridgehead atoms. The number of pyridine rings is 1. The predicted octanol–water partition coefficient (Wildman–Crippen LogP) is 3.31. The lowest BCUT2D eigenvalue weighted by Crippen LogP contribution is -1.98. The van der Waals surface area contributed by atoms with Crippen LogP contribution >= 0.6 is 0 Å². The highest BCUT2D eigenvalue weighted by molar-refractivity contribution is 5.30. The smallest absolute Gasteiger partial charge is 0.125 e. The molecule has 0 aliphatic heterocycles. The molecule has 0 N–H and O–H groups in total. The first-order valence-corrected chi connectivity index (χ1v) is 5.21. The molecule has 0 amide bonds. The van der Waals surface area contributed by atoms with E-state index in [1.807, 2.05) is 26.1 Å². The Labute approximate surface area is 87.3 Å². The third kappa shape index (κ3) is 4.26. The van der Waals surface area contributed by atoms with E-state index in [-0.39, 0.29) is 0 Å². The van der Waals surface area contributed by atoms with Crippen LogP contribution in [0.25, 0.3) is 0 Å². The van der Waals surface area contributed by atoms with Gasteiger partial charge in [-0.3, -0.25) is 4.98 Å². The summed E-state index contributed by atoms with van der Waals surface area (Å²) in [6.45, 7) is 8.37. The summed E-state index contributed by atoms with van der Waals surface area (Å²) in [5, 5.41) is 0. The molecule has 0 saturated carbocycles. The van der Waals surface area contributed by atoms with E-state index in [9.17, 15) is 0 Å². The fourth-order valence-electron chi connectivity index (χ4n) is 1.21. The summed E-state index contributed by atoms with van der Waals surface area (Å²) in [5.74, 6) is 1.58. The van der Waals surface area contributed by atoms with Gasteiger partial charge in [0.1, 0.15) is 5.75 Å². The van der Waals surface area contributed by atoms with E-state index in [2.05, 4.69) is 18.8 Å². The second-order valence-electron chi connectivity index (χ2n) is 3.29. The Kier molecular flexibility index (Phi) is 6.81. The largest absolute Gasteiger partial charge is 0.496 e. The van der Waals surface area contributed by atoms with Crippen molar-refractivity contribution in [3.05, 3.63) is 24.0 Å². The third-order valence-electron chi connectivity index (χ3n) is 1.71. The fourth-order valence-corrected chi connectivity index (χ4v) is 1.21. The van der Waals surface area contributed by atoms with Crippen LogP contribution in [0.2, 0.25) is 0 Å². The van der Waals surface area contributed by atoms with Gasteiger partial charge in [-0.1, -0.05) is 27.7 Å². The number of methoxy groups -OCH3 is 1. The highest BCUT2D eigenvalue weighted by atomic mass is 16.5. The zero-order valence-corrected chi connectivity index (χ0v) is 9.87. The predicted molar refractivity (Wildman–Crippen MR) is 60.7 cm³/mol. The van der Waals surface area contributed by atoms with Gasteiger partial charge in [0.15, 0.2) is 0 Å². The van der Waals surface area contributed by atoms with Gasteiger partial charge in [0.05, 0.1) is 7.11 Å². The Morgan fingerprint density at radius 1 is 1.36 bits per heavy atom. The zero-order valence-electron chi connectivity index (χ0n) is 9.87. The van der Waals surface area contributed by atoms with Gasteiger partial charge in [0.2, 0.25) is 0 Å². The van der Waals surface area contributed by atoms with E-state index >= 15 is 0 Å². The summed E-state index contributed by atoms with van der Waals surface area (Å²) in [7, 11) is 1.69. The van der Waals surface area contributed by atoms with Gasteiger partial charge in [0.25, 0.3) is 0 Å². The van der Waals surface area contributed by atoms with Crippen LogP contribution in [-0.4, -0.2) is 12.1 Å². The first-order valence-electron chi connectivity index (χ1n) is 5.21. The lowest BCUT2D eigenvalue weighted by molar-refractivity contribution is 0.406. The maximum atomic E-state index is 5.21. The van der Waals surface area contributed by atoms with Crippen LogP contribution in [0.1, 0.15) is 33.3 Å². The monoisotopic (exact) mass is 195 g/mol. The van der Waals surface area contributed by atoms with Gasteiger partial charge in [-0.2, -0.15) is 0 Å². The quantitative estimate of drug-likeness (QED) is 0.738. The molecule has 0 radical (unpaired) electrons. The number of rotatable bonds is 3. The van der Waals surface area contributed by atoms with Gasteiger partial charge >= 0.3 is 0 Å². The van der Waals surface area contributed by atoms with Crippen molar-refractivity contribution < 1.29 is 4.74 Å². The Bertz CT molecular complexity index is 246. The molecule has 0 aromatic carbocycles. The maximum Gasteiger partial charge on any atom is 0.125 e. The van der Waals surface area contributed by atoms with E-state index in [1.165, 1.54) is 5.56 Å². The van der Waals surface area contributed by atoms with Crippen molar-refractivity contribution in [2.45, 2.75) is 34.1 Å². The topological polar surface area (TPSA) is 22.1 Å². The van der Waals surface area contributed by atoms with Gasteiger partial charge in [0, 0.05) is 18.0 Å². The third-order valence-corrected chi connectivity index (χ3v) is 1.71. The van der Waals surface area contributed by atoms with E-state index < -0.39 is 0 Å². The summed E-state index contributed by atoms with van der Waals surface area (Å²) in [4.78, 5) is 4.07. The first kappa shape index (κ1) is 12.9. The summed E-state index contributed by atoms with van der Waals surface area (Å²) in [5.41, 5.74) is 1.19. The number of ether oxygens (including phenoxy) is 1. The normalized spacial score (nSPS) is 9.29. The molecule has 0 saturated heterocycles. The van der Waals surface area contributed by atoms with Gasteiger partial charge in [-0.15, -0.1) is 0 Å². The SMILES string of the molecule is CC.COc1ccncc1CC(C)C. The van der Waals surface area contributed by atoms with E-state index in [0.29, 0.717) is 5.92 Å². The molecule has 2 heteroatoms. The van der Waals surface area contributed by atoms with E-state index in [1.54, 1.807) is 13.3 Å². The van der Waals surface area contributed by atoms with Crippen molar-refractivity contribution in [3.63, 3.8) is 0 Å². The lowest BCUT2D eigenvalue weighted by atomic mass is 10.0. The number of hydrogen-bond acceptors (Lipinski definition) is 2. The molecular formula is C12H21NO. The zero-order chi connectivity index (χ0) is 11.0. The van der Waals surface area contributed by atoms with Crippen molar-refractivity contribution >= 4 is 0 Å². The number of nitrogens with zero attached hydrogens (tertiary/aromatic N) is 1. The van der Waals surface area contributed by atoms with Crippen LogP contribution in [0, 0.1) is 5.92 Å². The van der Waals surface area contributed by atoms with Gasteiger partial charge in [-0.25, -0.2) is 0 Å².